The third-order valence-electron chi connectivity index (χ3n) is 4.22. The van der Waals surface area contributed by atoms with Crippen LogP contribution >= 0.6 is 0 Å². The number of benzene rings is 1. The van der Waals surface area contributed by atoms with Crippen LogP contribution in [0.2, 0.25) is 0 Å². The van der Waals surface area contributed by atoms with Crippen molar-refractivity contribution in [2.24, 2.45) is 0 Å². The molecule has 0 saturated carbocycles. The summed E-state index contributed by atoms with van der Waals surface area (Å²) in [6, 6.07) is 4.67. The number of hydrogen-bond donors (Lipinski definition) is 1. The minimum Gasteiger partial charge on any atom is -0.440 e. The van der Waals surface area contributed by atoms with Gasteiger partial charge in [0, 0.05) is 6.26 Å². The van der Waals surface area contributed by atoms with Crippen LogP contribution in [0.1, 0.15) is 20.8 Å². The number of amides is 2. The summed E-state index contributed by atoms with van der Waals surface area (Å²) in [5.74, 6) is 0. The summed E-state index contributed by atoms with van der Waals surface area (Å²) in [7, 11) is -8.99. The summed E-state index contributed by atoms with van der Waals surface area (Å²) in [6.07, 6.45) is -2.24. The average Bonchev–Trinajstić information content (AvgIpc) is 2.60. The highest BCUT2D eigenvalue weighted by Crippen LogP contribution is 2.31. The molecule has 0 aliphatic carbocycles. The van der Waals surface area contributed by atoms with Crippen molar-refractivity contribution in [1.82, 2.24) is 4.41 Å². The summed E-state index contributed by atoms with van der Waals surface area (Å²) in [5, 5.41) is 9.93. The molecule has 1 aliphatic rings. The van der Waals surface area contributed by atoms with Crippen LogP contribution < -0.4 is 0 Å². The number of carbonyl (C=O) groups is 2. The monoisotopic (exact) mass is 465 g/mol. The Balaban J connectivity index is 2.80. The summed E-state index contributed by atoms with van der Waals surface area (Å²) < 4.78 is 60.6. The summed E-state index contributed by atoms with van der Waals surface area (Å²) in [5.41, 5.74) is -1.14. The lowest BCUT2D eigenvalue weighted by Crippen LogP contribution is -2.70. The molecule has 168 valence electrons. The number of quaternary nitrogens is 1. The van der Waals surface area contributed by atoms with Crippen LogP contribution in [0.3, 0.4) is 0 Å². The molecule has 0 bridgehead atoms. The Hall–Kier alpha value is -2.22. The van der Waals surface area contributed by atoms with Crippen molar-refractivity contribution in [1.29, 1.82) is 0 Å². The van der Waals surface area contributed by atoms with Crippen LogP contribution in [0, 0.1) is 0 Å². The number of hydrogen-bond acceptors (Lipinski definition) is 8. The Bertz CT molecular complexity index is 1040. The maximum Gasteiger partial charge on any atom is 0.540 e. The van der Waals surface area contributed by atoms with Gasteiger partial charge in [0.05, 0.1) is 18.1 Å². The predicted octanol–water partition coefficient (Wildman–Crippen LogP) is 1.46. The van der Waals surface area contributed by atoms with Gasteiger partial charge in [-0.3, -0.25) is 0 Å². The molecule has 1 saturated heterocycles. The lowest BCUT2D eigenvalue weighted by atomic mass is 10.2. The van der Waals surface area contributed by atoms with Crippen molar-refractivity contribution in [3.8, 4) is 0 Å². The second kappa shape index (κ2) is 8.13. The second-order valence-corrected chi connectivity index (χ2v) is 11.4. The van der Waals surface area contributed by atoms with Crippen molar-refractivity contribution in [2.45, 2.75) is 36.2 Å². The standard InChI is InChI=1S/C17H24N2O9S2/c1-17(2,3)28-15(20)18(19(16(21)22)9-11-27-12-10-19)30(25,26)14-8-6-5-7-13(14)29(4,23)24/h5-8H,9-12H2,1-4H3/p+1. The summed E-state index contributed by atoms with van der Waals surface area (Å²) in [4.78, 5) is 24.0. The first-order valence-corrected chi connectivity index (χ1v) is 12.2. The van der Waals surface area contributed by atoms with Gasteiger partial charge >= 0.3 is 22.2 Å². The van der Waals surface area contributed by atoms with E-state index in [1.807, 2.05) is 0 Å². The van der Waals surface area contributed by atoms with E-state index in [1.165, 1.54) is 32.9 Å². The SMILES string of the molecule is CC(C)(C)OC(=O)N([N+]1(C(=O)O)CCOCC1)S(=O)(=O)c1ccccc1S(C)(=O)=O. The largest absolute Gasteiger partial charge is 0.540 e. The molecule has 0 spiro atoms. The number of nitrogens with zero attached hydrogens (tertiary/aromatic N) is 2. The van der Waals surface area contributed by atoms with Crippen LogP contribution in [0.5, 0.6) is 0 Å². The Morgan fingerprint density at radius 3 is 2.00 bits per heavy atom. The number of ether oxygens (including phenoxy) is 2. The number of carbonyl (C=O) groups excluding carboxylic acids is 1. The molecular formula is C17H25N2O9S2+. The summed E-state index contributed by atoms with van der Waals surface area (Å²) >= 11 is 0. The van der Waals surface area contributed by atoms with Gasteiger partial charge in [-0.05, 0) is 37.3 Å². The minimum atomic E-state index is -4.97. The van der Waals surface area contributed by atoms with Crippen molar-refractivity contribution >= 4 is 32.0 Å². The lowest BCUT2D eigenvalue weighted by Gasteiger charge is -2.41. The first kappa shape index (κ1) is 24.1. The van der Waals surface area contributed by atoms with Gasteiger partial charge in [0.25, 0.3) is 0 Å². The quantitative estimate of drug-likeness (QED) is 0.656. The van der Waals surface area contributed by atoms with E-state index in [0.717, 1.165) is 18.4 Å². The highest BCUT2D eigenvalue weighted by atomic mass is 32.2. The Morgan fingerprint density at radius 2 is 1.57 bits per heavy atom. The predicted molar refractivity (Wildman–Crippen MR) is 104 cm³/mol. The van der Waals surface area contributed by atoms with Gasteiger partial charge in [0.1, 0.15) is 23.6 Å². The van der Waals surface area contributed by atoms with E-state index < -0.39 is 52.0 Å². The Morgan fingerprint density at radius 1 is 1.07 bits per heavy atom. The molecule has 2 rings (SSSR count). The van der Waals surface area contributed by atoms with Crippen molar-refractivity contribution < 1.29 is 45.6 Å². The zero-order valence-electron chi connectivity index (χ0n) is 17.1. The van der Waals surface area contributed by atoms with E-state index in [1.54, 1.807) is 0 Å². The lowest BCUT2D eigenvalue weighted by molar-refractivity contribution is -0.946. The van der Waals surface area contributed by atoms with Gasteiger partial charge in [0.2, 0.25) is 0 Å². The third-order valence-corrected chi connectivity index (χ3v) is 7.33. The summed E-state index contributed by atoms with van der Waals surface area (Å²) in [6.45, 7) is 3.45. The zero-order chi connectivity index (χ0) is 23.0. The van der Waals surface area contributed by atoms with E-state index in [2.05, 4.69) is 0 Å². The van der Waals surface area contributed by atoms with E-state index in [-0.39, 0.29) is 30.7 Å². The first-order valence-electron chi connectivity index (χ1n) is 8.89. The van der Waals surface area contributed by atoms with Gasteiger partial charge in [-0.1, -0.05) is 16.7 Å². The molecular weight excluding hydrogens is 440 g/mol. The maximum absolute atomic E-state index is 13.6. The Kier molecular flexibility index (Phi) is 6.52. The molecule has 0 atom stereocenters. The molecule has 1 aromatic carbocycles. The smallest absolute Gasteiger partial charge is 0.440 e. The molecule has 0 radical (unpaired) electrons. The normalized spacial score (nSPS) is 17.2. The third kappa shape index (κ3) is 4.74. The van der Waals surface area contributed by atoms with Crippen molar-refractivity contribution in [2.75, 3.05) is 32.6 Å². The fourth-order valence-corrected chi connectivity index (χ4v) is 6.09. The zero-order valence-corrected chi connectivity index (χ0v) is 18.7. The van der Waals surface area contributed by atoms with Crippen LogP contribution in [-0.4, -0.2) is 81.3 Å². The average molecular weight is 466 g/mol. The van der Waals surface area contributed by atoms with Crippen molar-refractivity contribution in [3.05, 3.63) is 24.3 Å². The maximum atomic E-state index is 13.6. The van der Waals surface area contributed by atoms with Gasteiger partial charge in [-0.25, -0.2) is 13.2 Å². The van der Waals surface area contributed by atoms with E-state index >= 15 is 0 Å². The van der Waals surface area contributed by atoms with E-state index in [4.69, 9.17) is 9.47 Å². The van der Waals surface area contributed by atoms with Crippen LogP contribution in [0.15, 0.2) is 34.1 Å². The molecule has 2 amide bonds. The number of morpholine rings is 1. The molecule has 30 heavy (non-hydrogen) atoms. The molecule has 13 heteroatoms. The van der Waals surface area contributed by atoms with E-state index in [9.17, 15) is 31.5 Å². The molecule has 1 heterocycles. The fourth-order valence-electron chi connectivity index (χ4n) is 2.92. The van der Waals surface area contributed by atoms with Gasteiger partial charge < -0.3 is 14.6 Å². The number of sulfone groups is 1. The van der Waals surface area contributed by atoms with Crippen molar-refractivity contribution in [3.63, 3.8) is 0 Å². The van der Waals surface area contributed by atoms with Crippen LogP contribution in [0.4, 0.5) is 9.59 Å². The highest BCUT2D eigenvalue weighted by Gasteiger charge is 2.57. The van der Waals surface area contributed by atoms with E-state index in [0.29, 0.717) is 0 Å². The number of sulfonamides is 1. The second-order valence-electron chi connectivity index (χ2n) is 7.71. The molecule has 11 nitrogen and oxygen atoms in total. The molecule has 1 aromatic rings. The van der Waals surface area contributed by atoms with Crippen LogP contribution in [0.25, 0.3) is 0 Å². The number of rotatable bonds is 3. The minimum absolute atomic E-state index is 0.104. The highest BCUT2D eigenvalue weighted by molar-refractivity contribution is 7.93. The first-order chi connectivity index (χ1) is 13.6. The molecule has 0 aromatic heterocycles. The molecule has 1 aliphatic heterocycles. The Labute approximate surface area is 175 Å². The number of carboxylic acid groups (broad SMARTS) is 1. The topological polar surface area (TPSA) is 144 Å². The molecule has 1 N–H and O–H groups in total. The van der Waals surface area contributed by atoms with Gasteiger partial charge in [-0.2, -0.15) is 13.2 Å². The molecule has 1 fully saturated rings. The molecule has 0 unspecified atom stereocenters. The van der Waals surface area contributed by atoms with Gasteiger partial charge in [-0.15, -0.1) is 0 Å². The van der Waals surface area contributed by atoms with Gasteiger partial charge in [0.15, 0.2) is 9.84 Å². The van der Waals surface area contributed by atoms with Crippen LogP contribution in [-0.2, 0) is 29.3 Å². The fraction of sp³-hybridized carbons (Fsp3) is 0.529.